The lowest BCUT2D eigenvalue weighted by molar-refractivity contribution is -0.124. The molecule has 0 spiro atoms. The molecule has 0 aliphatic heterocycles. The number of hydrogen-bond acceptors (Lipinski definition) is 5. The largest absolute Gasteiger partial charge is 0.324 e. The number of carbonyl (C=O) groups is 1. The summed E-state index contributed by atoms with van der Waals surface area (Å²) in [5.41, 5.74) is 10.3. The molecule has 3 aromatic rings. The van der Waals surface area contributed by atoms with E-state index < -0.39 is 15.9 Å². The first-order valence-corrected chi connectivity index (χ1v) is 10.8. The number of aryl methyl sites for hydroxylation is 1. The smallest absolute Gasteiger partial charge is 0.267 e. The fraction of sp³-hybridized carbons (Fsp3) is 0.136. The third kappa shape index (κ3) is 5.24. The zero-order valence-corrected chi connectivity index (χ0v) is 17.0. The van der Waals surface area contributed by atoms with Crippen LogP contribution in [0.1, 0.15) is 29.2 Å². The number of nitrogens with two attached hydrogens (primary N) is 1. The van der Waals surface area contributed by atoms with Crippen molar-refractivity contribution in [1.82, 2.24) is 9.45 Å². The van der Waals surface area contributed by atoms with Gasteiger partial charge in [-0.2, -0.15) is 0 Å². The normalized spacial score (nSPS) is 12.7. The Kier molecular flexibility index (Phi) is 6.83. The Hall–Kier alpha value is -3.20. The minimum Gasteiger partial charge on any atom is -0.324 e. The molecule has 1 amide bonds. The fourth-order valence-electron chi connectivity index (χ4n) is 2.99. The van der Waals surface area contributed by atoms with Crippen LogP contribution in [0.15, 0.2) is 84.0 Å². The van der Waals surface area contributed by atoms with Crippen LogP contribution in [0.2, 0.25) is 0 Å². The maximum Gasteiger partial charge on any atom is 0.267 e. The van der Waals surface area contributed by atoms with Gasteiger partial charge in [0, 0.05) is 24.5 Å². The second-order valence-corrected chi connectivity index (χ2v) is 8.63. The molecule has 8 heteroatoms. The molecule has 1 atom stereocenters. The molecule has 3 rings (SSSR count). The maximum atomic E-state index is 12.8. The maximum absolute atomic E-state index is 12.8. The lowest BCUT2D eigenvalue weighted by Crippen LogP contribution is -2.14. The predicted molar refractivity (Wildman–Crippen MR) is 114 cm³/mol. The number of nitrogens with one attached hydrogen (secondary N) is 1. The molecule has 0 aliphatic rings. The summed E-state index contributed by atoms with van der Waals surface area (Å²) in [6.45, 7) is 0. The van der Waals surface area contributed by atoms with Crippen LogP contribution in [0.5, 0.6) is 0 Å². The highest BCUT2D eigenvalue weighted by molar-refractivity contribution is 7.90. The third-order valence-electron chi connectivity index (χ3n) is 4.70. The van der Waals surface area contributed by atoms with Crippen molar-refractivity contribution in [3.63, 3.8) is 0 Å². The summed E-state index contributed by atoms with van der Waals surface area (Å²) in [5, 5.41) is 8.49. The molecule has 0 bridgehead atoms. The van der Waals surface area contributed by atoms with Gasteiger partial charge in [-0.15, -0.1) is 0 Å². The van der Waals surface area contributed by atoms with Gasteiger partial charge in [0.1, 0.15) is 0 Å². The van der Waals surface area contributed by atoms with E-state index in [4.69, 9.17) is 10.9 Å². The summed E-state index contributed by atoms with van der Waals surface area (Å²) in [6, 6.07) is 18.0. The van der Waals surface area contributed by atoms with Crippen LogP contribution in [0.25, 0.3) is 6.08 Å². The van der Waals surface area contributed by atoms with Crippen molar-refractivity contribution in [2.45, 2.75) is 23.8 Å². The number of aromatic nitrogens is 1. The topological polar surface area (TPSA) is 114 Å². The summed E-state index contributed by atoms with van der Waals surface area (Å²) < 4.78 is 26.7. The molecule has 1 heterocycles. The minimum atomic E-state index is -3.77. The van der Waals surface area contributed by atoms with Gasteiger partial charge < -0.3 is 5.73 Å². The van der Waals surface area contributed by atoms with E-state index in [9.17, 15) is 13.2 Å². The van der Waals surface area contributed by atoms with Crippen LogP contribution in [0.3, 0.4) is 0 Å². The zero-order valence-electron chi connectivity index (χ0n) is 16.2. The molecule has 1 aromatic heterocycles. The molecule has 0 saturated heterocycles. The first kappa shape index (κ1) is 21.5. The van der Waals surface area contributed by atoms with Crippen LogP contribution in [0, 0.1) is 0 Å². The Labute approximate surface area is 175 Å². The number of hydrogen-bond donors (Lipinski definition) is 3. The van der Waals surface area contributed by atoms with Crippen LogP contribution in [-0.2, 0) is 21.2 Å². The molecule has 2 aromatic carbocycles. The van der Waals surface area contributed by atoms with Gasteiger partial charge in [-0.1, -0.05) is 42.5 Å². The summed E-state index contributed by atoms with van der Waals surface area (Å²) in [5.74, 6) is -0.704. The Balaban J connectivity index is 1.69. The van der Waals surface area contributed by atoms with Crippen molar-refractivity contribution in [2.24, 2.45) is 5.73 Å². The van der Waals surface area contributed by atoms with E-state index in [0.29, 0.717) is 5.56 Å². The summed E-state index contributed by atoms with van der Waals surface area (Å²) in [6.07, 6.45) is 6.87. The van der Waals surface area contributed by atoms with Gasteiger partial charge >= 0.3 is 0 Å². The average molecular weight is 426 g/mol. The fourth-order valence-corrected chi connectivity index (χ4v) is 4.20. The molecule has 0 aliphatic carbocycles. The molecule has 156 valence electrons. The molecular formula is C22H23N3O4S. The first-order chi connectivity index (χ1) is 14.4. The number of benzene rings is 2. The Bertz CT molecular complexity index is 1120. The molecule has 0 radical (unpaired) electrons. The summed E-state index contributed by atoms with van der Waals surface area (Å²) in [7, 11) is -3.77. The van der Waals surface area contributed by atoms with Gasteiger partial charge in [-0.25, -0.2) is 17.9 Å². The number of nitrogens with zero attached hydrogens (tertiary/aromatic N) is 1. The number of hydroxylamine groups is 1. The molecule has 0 saturated carbocycles. The number of amides is 1. The van der Waals surface area contributed by atoms with Crippen LogP contribution in [0.4, 0.5) is 0 Å². The van der Waals surface area contributed by atoms with Gasteiger partial charge in [0.2, 0.25) is 0 Å². The standard InChI is InChI=1S/C22H23N3O4S/c23-21(12-6-17-4-2-1-3-5-17)19-8-10-20(11-9-19)30(28,29)25-15-14-18(16-25)7-13-22(26)24-27/h1-5,7-11,13-16,21,27H,6,12,23H2,(H,24,26)/b13-7+. The second-order valence-electron chi connectivity index (χ2n) is 6.79. The molecule has 1 unspecified atom stereocenters. The van der Waals surface area contributed by atoms with Gasteiger partial charge in [-0.3, -0.25) is 10.0 Å². The zero-order chi connectivity index (χ0) is 21.6. The van der Waals surface area contributed by atoms with Crippen molar-refractivity contribution < 1.29 is 18.4 Å². The van der Waals surface area contributed by atoms with E-state index in [1.807, 2.05) is 18.2 Å². The van der Waals surface area contributed by atoms with Crippen molar-refractivity contribution in [1.29, 1.82) is 0 Å². The third-order valence-corrected chi connectivity index (χ3v) is 6.35. The SMILES string of the molecule is NC(CCc1ccccc1)c1ccc(S(=O)(=O)n2ccc(/C=C/C(=O)NO)c2)cc1. The van der Waals surface area contributed by atoms with Gasteiger partial charge in [0.05, 0.1) is 4.90 Å². The van der Waals surface area contributed by atoms with Crippen LogP contribution < -0.4 is 11.2 Å². The minimum absolute atomic E-state index is 0.140. The summed E-state index contributed by atoms with van der Waals surface area (Å²) >= 11 is 0. The van der Waals surface area contributed by atoms with Crippen LogP contribution >= 0.6 is 0 Å². The lowest BCUT2D eigenvalue weighted by Gasteiger charge is -2.13. The van der Waals surface area contributed by atoms with Crippen molar-refractivity contribution >= 4 is 22.0 Å². The molecular weight excluding hydrogens is 402 g/mol. The van der Waals surface area contributed by atoms with Gasteiger partial charge in [0.25, 0.3) is 15.9 Å². The monoisotopic (exact) mass is 425 g/mol. The van der Waals surface area contributed by atoms with Gasteiger partial charge in [0.15, 0.2) is 0 Å². The van der Waals surface area contributed by atoms with Crippen molar-refractivity contribution in [2.75, 3.05) is 0 Å². The molecule has 0 fully saturated rings. The Morgan fingerprint density at radius 3 is 2.47 bits per heavy atom. The summed E-state index contributed by atoms with van der Waals surface area (Å²) in [4.78, 5) is 11.2. The Morgan fingerprint density at radius 2 is 1.80 bits per heavy atom. The van der Waals surface area contributed by atoms with Crippen LogP contribution in [-0.4, -0.2) is 23.5 Å². The highest BCUT2D eigenvalue weighted by Gasteiger charge is 2.17. The van der Waals surface area contributed by atoms with E-state index >= 15 is 0 Å². The number of carbonyl (C=O) groups excluding carboxylic acids is 1. The molecule has 7 nitrogen and oxygen atoms in total. The van der Waals surface area contributed by atoms with E-state index in [1.165, 1.54) is 29.5 Å². The lowest BCUT2D eigenvalue weighted by atomic mass is 10.00. The van der Waals surface area contributed by atoms with E-state index in [0.717, 1.165) is 28.5 Å². The highest BCUT2D eigenvalue weighted by atomic mass is 32.2. The second kappa shape index (κ2) is 9.53. The van der Waals surface area contributed by atoms with Crippen molar-refractivity contribution in [3.8, 4) is 0 Å². The Morgan fingerprint density at radius 1 is 1.10 bits per heavy atom. The molecule has 4 N–H and O–H groups in total. The van der Waals surface area contributed by atoms with Crippen molar-refractivity contribution in [3.05, 3.63) is 95.8 Å². The quantitative estimate of drug-likeness (QED) is 0.292. The van der Waals surface area contributed by atoms with E-state index in [2.05, 4.69) is 12.1 Å². The number of rotatable bonds is 8. The predicted octanol–water partition coefficient (Wildman–Crippen LogP) is 2.88. The van der Waals surface area contributed by atoms with Gasteiger partial charge in [-0.05, 0) is 53.8 Å². The average Bonchev–Trinajstić information content (AvgIpc) is 3.26. The van der Waals surface area contributed by atoms with E-state index in [-0.39, 0.29) is 10.9 Å². The van der Waals surface area contributed by atoms with E-state index in [1.54, 1.807) is 30.3 Å². The highest BCUT2D eigenvalue weighted by Crippen LogP contribution is 2.21. The molecule has 30 heavy (non-hydrogen) atoms. The first-order valence-electron chi connectivity index (χ1n) is 9.35.